The number of rotatable bonds is 2. The highest BCUT2D eigenvalue weighted by Crippen LogP contribution is 2.31. The Hall–Kier alpha value is -2.08. The van der Waals surface area contributed by atoms with Crippen LogP contribution in [0.4, 0.5) is 0 Å². The minimum absolute atomic E-state index is 0.201. The summed E-state index contributed by atoms with van der Waals surface area (Å²) in [6, 6.07) is 2.04. The second-order valence-electron chi connectivity index (χ2n) is 4.33. The third-order valence-corrected chi connectivity index (χ3v) is 2.52. The van der Waals surface area contributed by atoms with Gasteiger partial charge in [0.1, 0.15) is 5.54 Å². The van der Waals surface area contributed by atoms with E-state index in [0.717, 1.165) is 11.1 Å². The van der Waals surface area contributed by atoms with E-state index in [1.54, 1.807) is 19.9 Å². The lowest BCUT2D eigenvalue weighted by atomic mass is 10.0. The SMILES string of the molecule is CC(C)(C#N)NC(=O)C1=CC=C2C=CC=C21. The summed E-state index contributed by atoms with van der Waals surface area (Å²) in [5.41, 5.74) is 1.78. The van der Waals surface area contributed by atoms with Gasteiger partial charge in [-0.2, -0.15) is 5.26 Å². The molecule has 0 aromatic rings. The molecule has 80 valence electrons. The first-order valence-electron chi connectivity index (χ1n) is 5.08. The minimum Gasteiger partial charge on any atom is -0.334 e. The van der Waals surface area contributed by atoms with Gasteiger partial charge in [0.25, 0.3) is 5.91 Å². The minimum atomic E-state index is -0.840. The van der Waals surface area contributed by atoms with Gasteiger partial charge in [0, 0.05) is 5.57 Å². The fourth-order valence-electron chi connectivity index (χ4n) is 1.66. The van der Waals surface area contributed by atoms with Crippen molar-refractivity contribution in [3.8, 4) is 6.07 Å². The Balaban J connectivity index is 2.13. The maximum Gasteiger partial charge on any atom is 0.253 e. The van der Waals surface area contributed by atoms with Crippen molar-refractivity contribution in [3.05, 3.63) is 47.1 Å². The summed E-state index contributed by atoms with van der Waals surface area (Å²) in [6.45, 7) is 3.35. The fraction of sp³-hybridized carbons (Fsp3) is 0.231. The predicted molar refractivity (Wildman–Crippen MR) is 61.2 cm³/mol. The van der Waals surface area contributed by atoms with Crippen molar-refractivity contribution in [2.45, 2.75) is 19.4 Å². The zero-order valence-electron chi connectivity index (χ0n) is 9.24. The molecule has 3 heteroatoms. The number of nitriles is 1. The summed E-state index contributed by atoms with van der Waals surface area (Å²) < 4.78 is 0. The quantitative estimate of drug-likeness (QED) is 0.758. The Morgan fingerprint density at radius 1 is 1.38 bits per heavy atom. The number of nitrogens with one attached hydrogen (secondary N) is 1. The number of hydrogen-bond acceptors (Lipinski definition) is 2. The normalized spacial score (nSPS) is 17.2. The maximum absolute atomic E-state index is 11.9. The van der Waals surface area contributed by atoms with Crippen LogP contribution in [-0.4, -0.2) is 11.4 Å². The third kappa shape index (κ3) is 1.70. The Morgan fingerprint density at radius 3 is 2.81 bits per heavy atom. The summed E-state index contributed by atoms with van der Waals surface area (Å²) in [5, 5.41) is 11.5. The Morgan fingerprint density at radius 2 is 2.12 bits per heavy atom. The molecule has 0 unspecified atom stereocenters. The Bertz CT molecular complexity index is 511. The Kier molecular flexibility index (Phi) is 2.28. The summed E-state index contributed by atoms with van der Waals surface area (Å²) in [4.78, 5) is 11.9. The van der Waals surface area contributed by atoms with Crippen molar-refractivity contribution >= 4 is 5.91 Å². The molecule has 0 bridgehead atoms. The van der Waals surface area contributed by atoms with Crippen LogP contribution in [0.25, 0.3) is 0 Å². The largest absolute Gasteiger partial charge is 0.334 e. The molecule has 0 fully saturated rings. The molecule has 0 saturated carbocycles. The lowest BCUT2D eigenvalue weighted by Crippen LogP contribution is -2.42. The predicted octanol–water partition coefficient (Wildman–Crippen LogP) is 1.77. The number of amides is 1. The molecule has 2 rings (SSSR count). The molecule has 3 nitrogen and oxygen atoms in total. The molecular formula is C13H12N2O. The van der Waals surface area contributed by atoms with Crippen LogP contribution < -0.4 is 5.32 Å². The van der Waals surface area contributed by atoms with Crippen LogP contribution in [0.15, 0.2) is 47.1 Å². The van der Waals surface area contributed by atoms with Gasteiger partial charge in [-0.25, -0.2) is 0 Å². The second kappa shape index (κ2) is 3.49. The van der Waals surface area contributed by atoms with E-state index in [1.807, 2.05) is 30.4 Å². The van der Waals surface area contributed by atoms with E-state index in [0.29, 0.717) is 5.57 Å². The number of fused-ring (bicyclic) bond motifs is 1. The summed E-state index contributed by atoms with van der Waals surface area (Å²) in [5.74, 6) is -0.201. The molecule has 2 aliphatic rings. The molecule has 1 N–H and O–H groups in total. The summed E-state index contributed by atoms with van der Waals surface area (Å²) >= 11 is 0. The van der Waals surface area contributed by atoms with E-state index >= 15 is 0 Å². The van der Waals surface area contributed by atoms with Gasteiger partial charge in [0.05, 0.1) is 6.07 Å². The third-order valence-electron chi connectivity index (χ3n) is 2.52. The molecule has 0 aliphatic heterocycles. The molecule has 1 amide bonds. The molecule has 16 heavy (non-hydrogen) atoms. The standard InChI is InChI=1S/C13H12N2O/c1-13(2,8-14)15-12(16)11-7-6-9-4-3-5-10(9)11/h3-7H,1-2H3,(H,15,16). The summed E-state index contributed by atoms with van der Waals surface area (Å²) in [7, 11) is 0. The monoisotopic (exact) mass is 212 g/mol. The lowest BCUT2D eigenvalue weighted by Gasteiger charge is -2.18. The number of carbonyl (C=O) groups is 1. The highest BCUT2D eigenvalue weighted by molar-refractivity contribution is 6.02. The van der Waals surface area contributed by atoms with Gasteiger partial charge in [-0.1, -0.05) is 24.3 Å². The Labute approximate surface area is 94.5 Å². The van der Waals surface area contributed by atoms with E-state index < -0.39 is 5.54 Å². The van der Waals surface area contributed by atoms with Crippen LogP contribution in [0.5, 0.6) is 0 Å². The van der Waals surface area contributed by atoms with Crippen LogP contribution in [0.3, 0.4) is 0 Å². The topological polar surface area (TPSA) is 52.9 Å². The van der Waals surface area contributed by atoms with Crippen LogP contribution in [0.1, 0.15) is 13.8 Å². The molecule has 0 heterocycles. The van der Waals surface area contributed by atoms with Gasteiger partial charge in [0.15, 0.2) is 0 Å². The van der Waals surface area contributed by atoms with E-state index in [4.69, 9.17) is 5.26 Å². The highest BCUT2D eigenvalue weighted by atomic mass is 16.1. The average molecular weight is 212 g/mol. The number of carbonyl (C=O) groups excluding carboxylic acids is 1. The molecule has 0 spiro atoms. The van der Waals surface area contributed by atoms with Crippen molar-refractivity contribution in [1.29, 1.82) is 5.26 Å². The molecule has 0 radical (unpaired) electrons. The van der Waals surface area contributed by atoms with Gasteiger partial charge >= 0.3 is 0 Å². The van der Waals surface area contributed by atoms with Crippen LogP contribution >= 0.6 is 0 Å². The van der Waals surface area contributed by atoms with Gasteiger partial charge < -0.3 is 5.32 Å². The van der Waals surface area contributed by atoms with Gasteiger partial charge in [0.2, 0.25) is 0 Å². The van der Waals surface area contributed by atoms with Crippen LogP contribution in [0, 0.1) is 11.3 Å². The first-order valence-corrected chi connectivity index (χ1v) is 5.08. The molecular weight excluding hydrogens is 200 g/mol. The first kappa shape index (κ1) is 10.4. The van der Waals surface area contributed by atoms with E-state index in [9.17, 15) is 4.79 Å². The summed E-state index contributed by atoms with van der Waals surface area (Å²) in [6.07, 6.45) is 9.47. The van der Waals surface area contributed by atoms with E-state index in [1.165, 1.54) is 0 Å². The van der Waals surface area contributed by atoms with E-state index in [-0.39, 0.29) is 5.91 Å². The van der Waals surface area contributed by atoms with Gasteiger partial charge in [-0.3, -0.25) is 4.79 Å². The van der Waals surface area contributed by atoms with Crippen molar-refractivity contribution in [2.24, 2.45) is 0 Å². The molecule has 0 aromatic carbocycles. The number of hydrogen-bond donors (Lipinski definition) is 1. The van der Waals surface area contributed by atoms with Crippen molar-refractivity contribution in [1.82, 2.24) is 5.32 Å². The fourth-order valence-corrected chi connectivity index (χ4v) is 1.66. The lowest BCUT2D eigenvalue weighted by molar-refractivity contribution is -0.118. The maximum atomic E-state index is 11.9. The highest BCUT2D eigenvalue weighted by Gasteiger charge is 2.26. The smallest absolute Gasteiger partial charge is 0.253 e. The number of nitrogens with zero attached hydrogens (tertiary/aromatic N) is 1. The first-order chi connectivity index (χ1) is 7.53. The van der Waals surface area contributed by atoms with Crippen LogP contribution in [-0.2, 0) is 4.79 Å². The van der Waals surface area contributed by atoms with Gasteiger partial charge in [-0.05, 0) is 31.1 Å². The molecule has 0 saturated heterocycles. The number of allylic oxidation sites excluding steroid dienone is 6. The van der Waals surface area contributed by atoms with Crippen molar-refractivity contribution < 1.29 is 4.79 Å². The molecule has 0 aromatic heterocycles. The molecule has 2 aliphatic carbocycles. The van der Waals surface area contributed by atoms with Crippen molar-refractivity contribution in [2.75, 3.05) is 0 Å². The zero-order chi connectivity index (χ0) is 11.8. The van der Waals surface area contributed by atoms with Crippen molar-refractivity contribution in [3.63, 3.8) is 0 Å². The average Bonchev–Trinajstić information content (AvgIpc) is 2.77. The van der Waals surface area contributed by atoms with Gasteiger partial charge in [-0.15, -0.1) is 0 Å². The van der Waals surface area contributed by atoms with E-state index in [2.05, 4.69) is 5.32 Å². The molecule has 0 atom stereocenters. The van der Waals surface area contributed by atoms with Crippen LogP contribution in [0.2, 0.25) is 0 Å². The second-order valence-corrected chi connectivity index (χ2v) is 4.33. The zero-order valence-corrected chi connectivity index (χ0v) is 9.24.